The number of ether oxygens (including phenoxy) is 1. The highest BCUT2D eigenvalue weighted by Gasteiger charge is 2.30. The molecule has 1 N–H and O–H groups in total. The van der Waals surface area contributed by atoms with Gasteiger partial charge in [0.2, 0.25) is 11.8 Å². The molecule has 4 rings (SSSR count). The first-order valence-corrected chi connectivity index (χ1v) is 13.3. The summed E-state index contributed by atoms with van der Waals surface area (Å²) in [6, 6.07) is 5.66. The molecule has 1 aromatic rings. The number of anilines is 1. The van der Waals surface area contributed by atoms with Crippen molar-refractivity contribution in [1.29, 1.82) is 0 Å². The number of nitrogens with one attached hydrogen (secondary N) is 1. The number of likely N-dealkylation sites (N-methyl/N-ethyl adjacent to an activating group) is 1. The summed E-state index contributed by atoms with van der Waals surface area (Å²) in [5.41, 5.74) is 2.68. The summed E-state index contributed by atoms with van der Waals surface area (Å²) >= 11 is 0. The van der Waals surface area contributed by atoms with Crippen LogP contribution in [0.25, 0.3) is 0 Å². The van der Waals surface area contributed by atoms with Crippen LogP contribution in [0, 0.1) is 5.92 Å². The second kappa shape index (κ2) is 12.8. The second-order valence-electron chi connectivity index (χ2n) is 10.4. The van der Waals surface area contributed by atoms with Crippen LogP contribution in [0.1, 0.15) is 41.6 Å². The average Bonchev–Trinajstić information content (AvgIpc) is 2.88. The van der Waals surface area contributed by atoms with Gasteiger partial charge in [-0.1, -0.05) is 0 Å². The lowest BCUT2D eigenvalue weighted by molar-refractivity contribution is -0.137. The zero-order chi connectivity index (χ0) is 25.5. The number of piperazine rings is 1. The predicted molar refractivity (Wildman–Crippen MR) is 139 cm³/mol. The lowest BCUT2D eigenvalue weighted by atomic mass is 9.96. The van der Waals surface area contributed by atoms with Gasteiger partial charge in [-0.25, -0.2) is 0 Å². The summed E-state index contributed by atoms with van der Waals surface area (Å²) in [4.78, 5) is 44.9. The van der Waals surface area contributed by atoms with Crippen molar-refractivity contribution in [3.63, 3.8) is 0 Å². The van der Waals surface area contributed by atoms with Gasteiger partial charge in [-0.05, 0) is 69.1 Å². The molecular formula is C27H41N5O4. The van der Waals surface area contributed by atoms with Gasteiger partial charge in [0.1, 0.15) is 6.29 Å². The van der Waals surface area contributed by atoms with Gasteiger partial charge >= 0.3 is 0 Å². The fraction of sp³-hybridized carbons (Fsp3) is 0.667. The van der Waals surface area contributed by atoms with E-state index in [0.29, 0.717) is 24.9 Å². The molecule has 9 heteroatoms. The van der Waals surface area contributed by atoms with E-state index in [2.05, 4.69) is 26.1 Å². The van der Waals surface area contributed by atoms with Gasteiger partial charge < -0.3 is 14.5 Å². The van der Waals surface area contributed by atoms with Crippen LogP contribution in [-0.4, -0.2) is 112 Å². The summed E-state index contributed by atoms with van der Waals surface area (Å²) in [7, 11) is 3.64. The summed E-state index contributed by atoms with van der Waals surface area (Å²) in [6.07, 6.45) is 4.27. The van der Waals surface area contributed by atoms with Crippen LogP contribution in [-0.2, 0) is 20.9 Å². The Balaban J connectivity index is 1.29. The van der Waals surface area contributed by atoms with Crippen molar-refractivity contribution < 1.29 is 19.1 Å². The fourth-order valence-electron chi connectivity index (χ4n) is 5.69. The predicted octanol–water partition coefficient (Wildman–Crippen LogP) is 1.22. The third-order valence-electron chi connectivity index (χ3n) is 7.99. The number of piperidine rings is 2. The lowest BCUT2D eigenvalue weighted by Crippen LogP contribution is -2.51. The maximum atomic E-state index is 12.3. The Morgan fingerprint density at radius 1 is 1.06 bits per heavy atom. The molecule has 3 aliphatic heterocycles. The molecule has 0 bridgehead atoms. The molecule has 3 fully saturated rings. The second-order valence-corrected chi connectivity index (χ2v) is 10.4. The van der Waals surface area contributed by atoms with Crippen molar-refractivity contribution in [2.75, 3.05) is 78.0 Å². The zero-order valence-corrected chi connectivity index (χ0v) is 21.8. The first-order valence-electron chi connectivity index (χ1n) is 13.3. The maximum absolute atomic E-state index is 12.3. The molecule has 36 heavy (non-hydrogen) atoms. The molecule has 3 saturated heterocycles. The molecule has 3 heterocycles. The number of hydrogen-bond donors (Lipinski definition) is 1. The van der Waals surface area contributed by atoms with E-state index in [0.717, 1.165) is 62.8 Å². The van der Waals surface area contributed by atoms with E-state index in [4.69, 9.17) is 4.74 Å². The Labute approximate surface area is 214 Å². The van der Waals surface area contributed by atoms with Crippen LogP contribution in [0.2, 0.25) is 0 Å². The monoisotopic (exact) mass is 499 g/mol. The molecule has 1 atom stereocenters. The third kappa shape index (κ3) is 6.91. The Morgan fingerprint density at radius 2 is 1.81 bits per heavy atom. The van der Waals surface area contributed by atoms with Crippen LogP contribution in [0.15, 0.2) is 18.2 Å². The quantitative estimate of drug-likeness (QED) is 0.380. The summed E-state index contributed by atoms with van der Waals surface area (Å²) in [5, 5.41) is 2.42. The fourth-order valence-corrected chi connectivity index (χ4v) is 5.69. The van der Waals surface area contributed by atoms with Gasteiger partial charge in [-0.3, -0.25) is 29.5 Å². The highest BCUT2D eigenvalue weighted by Crippen LogP contribution is 2.24. The number of hydrogen-bond acceptors (Lipinski definition) is 8. The Morgan fingerprint density at radius 3 is 2.47 bits per heavy atom. The van der Waals surface area contributed by atoms with E-state index in [9.17, 15) is 14.4 Å². The number of rotatable bonds is 10. The first-order chi connectivity index (χ1) is 17.5. The number of amides is 2. The van der Waals surface area contributed by atoms with Crippen molar-refractivity contribution >= 4 is 23.8 Å². The molecular weight excluding hydrogens is 458 g/mol. The normalized spacial score (nSPS) is 22.8. The van der Waals surface area contributed by atoms with Gasteiger partial charge in [-0.2, -0.15) is 0 Å². The molecule has 0 radical (unpaired) electrons. The van der Waals surface area contributed by atoms with Gasteiger partial charge in [0, 0.05) is 70.6 Å². The molecule has 2 amide bonds. The number of nitrogens with zero attached hydrogens (tertiary/aromatic N) is 4. The van der Waals surface area contributed by atoms with Gasteiger partial charge in [0.05, 0.1) is 12.6 Å². The molecule has 0 saturated carbocycles. The Hall–Kier alpha value is -2.33. The average molecular weight is 500 g/mol. The number of aldehydes is 1. The van der Waals surface area contributed by atoms with E-state index < -0.39 is 0 Å². The third-order valence-corrected chi connectivity index (χ3v) is 7.99. The number of methoxy groups -OCH3 is 1. The van der Waals surface area contributed by atoms with Gasteiger partial charge in [0.25, 0.3) is 0 Å². The summed E-state index contributed by atoms with van der Waals surface area (Å²) in [5.74, 6) is 0.304. The van der Waals surface area contributed by atoms with Crippen LogP contribution >= 0.6 is 0 Å². The van der Waals surface area contributed by atoms with Crippen LogP contribution in [0.3, 0.4) is 0 Å². The van der Waals surface area contributed by atoms with Crippen molar-refractivity contribution in [1.82, 2.24) is 20.0 Å². The number of benzene rings is 1. The highest BCUT2D eigenvalue weighted by atomic mass is 16.5. The molecule has 0 spiro atoms. The molecule has 0 aliphatic carbocycles. The van der Waals surface area contributed by atoms with E-state index in [1.165, 1.54) is 32.5 Å². The number of carbonyl (C=O) groups excluding carboxylic acids is 3. The van der Waals surface area contributed by atoms with E-state index >= 15 is 0 Å². The molecule has 1 unspecified atom stereocenters. The SMILES string of the molecule is COCCN1CCC(CN2CCN(c3ccc(C=O)c(CN(C)C4CCC(=O)NC4=O)c3)CC2)CC1. The number of likely N-dealkylation sites (tertiary alicyclic amines) is 1. The van der Waals surface area contributed by atoms with Gasteiger partial charge in [0.15, 0.2) is 0 Å². The smallest absolute Gasteiger partial charge is 0.243 e. The highest BCUT2D eigenvalue weighted by molar-refractivity contribution is 6.00. The molecule has 9 nitrogen and oxygen atoms in total. The Bertz CT molecular complexity index is 909. The Kier molecular flexibility index (Phi) is 9.47. The van der Waals surface area contributed by atoms with Crippen molar-refractivity contribution in [3.8, 4) is 0 Å². The summed E-state index contributed by atoms with van der Waals surface area (Å²) < 4.78 is 5.21. The standard InChI is InChI=1S/C27H41N5O4/c1-29(25-5-6-26(34)28-27(25)35)19-23-17-24(4-3-22(23)20-33)32-13-11-31(12-14-32)18-21-7-9-30(10-8-21)15-16-36-2/h3-4,17,20-21,25H,5-16,18-19H2,1-2H3,(H,28,34,35). The van der Waals surface area contributed by atoms with Crippen LogP contribution in [0.5, 0.6) is 0 Å². The van der Waals surface area contributed by atoms with Gasteiger partial charge in [-0.15, -0.1) is 0 Å². The molecule has 198 valence electrons. The van der Waals surface area contributed by atoms with Crippen LogP contribution in [0.4, 0.5) is 5.69 Å². The molecule has 0 aromatic heterocycles. The van der Waals surface area contributed by atoms with Crippen molar-refractivity contribution in [3.05, 3.63) is 29.3 Å². The maximum Gasteiger partial charge on any atom is 0.243 e. The minimum absolute atomic E-state index is 0.216. The van der Waals surface area contributed by atoms with Crippen molar-refractivity contribution in [2.24, 2.45) is 5.92 Å². The van der Waals surface area contributed by atoms with Crippen molar-refractivity contribution in [2.45, 2.75) is 38.3 Å². The molecule has 3 aliphatic rings. The number of carbonyl (C=O) groups is 3. The zero-order valence-electron chi connectivity index (χ0n) is 21.8. The largest absolute Gasteiger partial charge is 0.383 e. The lowest BCUT2D eigenvalue weighted by Gasteiger charge is -2.39. The van der Waals surface area contributed by atoms with E-state index in [1.807, 2.05) is 24.1 Å². The minimum Gasteiger partial charge on any atom is -0.383 e. The minimum atomic E-state index is -0.360. The summed E-state index contributed by atoms with van der Waals surface area (Å²) in [6.45, 7) is 9.89. The molecule has 1 aromatic carbocycles. The van der Waals surface area contributed by atoms with E-state index in [1.54, 1.807) is 7.11 Å². The topological polar surface area (TPSA) is 85.4 Å². The number of imide groups is 1. The van der Waals surface area contributed by atoms with E-state index in [-0.39, 0.29) is 17.9 Å². The van der Waals surface area contributed by atoms with Crippen LogP contribution < -0.4 is 10.2 Å². The first kappa shape index (κ1) is 26.7.